The number of ether oxygens (including phenoxy) is 1. The summed E-state index contributed by atoms with van der Waals surface area (Å²) in [5.41, 5.74) is 0. The van der Waals surface area contributed by atoms with Crippen molar-refractivity contribution in [3.05, 3.63) is 12.7 Å². The van der Waals surface area contributed by atoms with Gasteiger partial charge in [0.15, 0.2) is 0 Å². The summed E-state index contributed by atoms with van der Waals surface area (Å²) in [5.74, 6) is 0. The van der Waals surface area contributed by atoms with Gasteiger partial charge in [-0.2, -0.15) is 8.42 Å². The molecule has 0 atom stereocenters. The largest absolute Gasteiger partial charge is 0.397 e. The molecule has 0 aliphatic rings. The molecule has 0 amide bonds. The number of hydrogen-bond acceptors (Lipinski definition) is 8. The fraction of sp³-hybridized carbons (Fsp3) is 0.846. The van der Waals surface area contributed by atoms with Crippen LogP contribution in [0.15, 0.2) is 12.7 Å². The first-order valence-electron chi connectivity index (χ1n) is 7.18. The van der Waals surface area contributed by atoms with E-state index in [9.17, 15) is 8.42 Å². The van der Waals surface area contributed by atoms with Gasteiger partial charge in [0.2, 0.25) is 0 Å². The molecule has 0 radical (unpaired) electrons. The average Bonchev–Trinajstić information content (AvgIpc) is 2.47. The lowest BCUT2D eigenvalue weighted by Gasteiger charge is -2.17. The van der Waals surface area contributed by atoms with Gasteiger partial charge >= 0.3 is 10.4 Å². The van der Waals surface area contributed by atoms with Crippen molar-refractivity contribution in [2.45, 2.75) is 13.8 Å². The van der Waals surface area contributed by atoms with E-state index in [0.717, 1.165) is 13.2 Å². The molecule has 0 unspecified atom stereocenters. The lowest BCUT2D eigenvalue weighted by Crippen LogP contribution is -2.32. The van der Waals surface area contributed by atoms with Gasteiger partial charge in [0.25, 0.3) is 0 Å². The van der Waals surface area contributed by atoms with Crippen LogP contribution in [0.2, 0.25) is 0 Å². The Morgan fingerprint density at radius 1 is 1.00 bits per heavy atom. The van der Waals surface area contributed by atoms with Gasteiger partial charge in [-0.05, 0) is 13.8 Å². The predicted octanol–water partition coefficient (Wildman–Crippen LogP) is -0.700. The lowest BCUT2D eigenvalue weighted by molar-refractivity contribution is 0.136. The summed E-state index contributed by atoms with van der Waals surface area (Å²) in [6.07, 6.45) is 1.22. The quantitative estimate of drug-likeness (QED) is 0.278. The Morgan fingerprint density at radius 2 is 1.39 bits per heavy atom. The molecule has 0 aliphatic heterocycles. The van der Waals surface area contributed by atoms with Gasteiger partial charge in [-0.15, -0.1) is 6.58 Å². The molecule has 0 aromatic rings. The molecule has 9 nitrogen and oxygen atoms in total. The molecule has 0 saturated heterocycles. The summed E-state index contributed by atoms with van der Waals surface area (Å²) in [5, 5.41) is 25.5. The molecule has 23 heavy (non-hydrogen) atoms. The van der Waals surface area contributed by atoms with Crippen molar-refractivity contribution < 1.29 is 37.2 Å². The van der Waals surface area contributed by atoms with E-state index in [4.69, 9.17) is 24.6 Å². The molecule has 0 aromatic heterocycles. The van der Waals surface area contributed by atoms with Crippen LogP contribution in [0.3, 0.4) is 0 Å². The first-order chi connectivity index (χ1) is 10.8. The highest BCUT2D eigenvalue weighted by Crippen LogP contribution is 1.84. The van der Waals surface area contributed by atoms with Crippen LogP contribution >= 0.6 is 0 Å². The third-order valence-electron chi connectivity index (χ3n) is 1.99. The molecule has 0 rings (SSSR count). The zero-order valence-corrected chi connectivity index (χ0v) is 14.7. The minimum absolute atomic E-state index is 0.0694. The summed E-state index contributed by atoms with van der Waals surface area (Å²) in [6.45, 7) is 10.4. The Kier molecular flexibility index (Phi) is 25.4. The molecule has 4 N–H and O–H groups in total. The SMILES string of the molecule is C=CCOS(=O)(=O)O.CCOCC.OCCN(CCO)CCO. The van der Waals surface area contributed by atoms with Crippen molar-refractivity contribution in [2.75, 3.05) is 59.3 Å². The standard InChI is InChI=1S/C6H15NO3.C4H10O.C3H6O4S/c8-4-1-7(2-5-9)3-6-10;1-3-5-4-2;1-2-3-7-8(4,5)6/h8-10H,1-6H2;3-4H2,1-2H3;2H,1,3H2,(H,4,5,6). The maximum atomic E-state index is 9.68. The molecule has 0 heterocycles. The van der Waals surface area contributed by atoms with Gasteiger partial charge < -0.3 is 20.1 Å². The Labute approximate surface area is 139 Å². The predicted molar refractivity (Wildman–Crippen MR) is 87.6 cm³/mol. The third kappa shape index (κ3) is 34.0. The molecule has 0 aromatic carbocycles. The van der Waals surface area contributed by atoms with E-state index >= 15 is 0 Å². The molecule has 0 aliphatic carbocycles. The van der Waals surface area contributed by atoms with Crippen molar-refractivity contribution in [1.29, 1.82) is 0 Å². The van der Waals surface area contributed by atoms with Crippen LogP contribution in [0.5, 0.6) is 0 Å². The monoisotopic (exact) mass is 361 g/mol. The highest BCUT2D eigenvalue weighted by molar-refractivity contribution is 7.80. The summed E-state index contributed by atoms with van der Waals surface area (Å²) in [4.78, 5) is 1.79. The lowest BCUT2D eigenvalue weighted by atomic mass is 10.4. The van der Waals surface area contributed by atoms with Gasteiger partial charge in [0.05, 0.1) is 26.4 Å². The Balaban J connectivity index is -0.000000276. The van der Waals surface area contributed by atoms with E-state index in [2.05, 4.69) is 10.8 Å². The molecular formula is C13H31NO8S. The van der Waals surface area contributed by atoms with E-state index < -0.39 is 10.4 Å². The zero-order chi connectivity index (χ0) is 18.6. The third-order valence-corrected chi connectivity index (χ3v) is 2.43. The van der Waals surface area contributed by atoms with Crippen LogP contribution in [0.4, 0.5) is 0 Å². The smallest absolute Gasteiger partial charge is 0.395 e. The van der Waals surface area contributed by atoms with Crippen molar-refractivity contribution in [3.8, 4) is 0 Å². The number of hydrogen-bond donors (Lipinski definition) is 4. The minimum Gasteiger partial charge on any atom is -0.395 e. The second kappa shape index (κ2) is 21.4. The zero-order valence-electron chi connectivity index (χ0n) is 13.9. The first-order valence-corrected chi connectivity index (χ1v) is 8.54. The van der Waals surface area contributed by atoms with Crippen LogP contribution < -0.4 is 0 Å². The van der Waals surface area contributed by atoms with E-state index in [1.54, 1.807) is 4.90 Å². The maximum absolute atomic E-state index is 9.68. The first kappa shape index (κ1) is 27.3. The molecule has 0 bridgehead atoms. The summed E-state index contributed by atoms with van der Waals surface area (Å²) in [6, 6.07) is 0. The molecule has 0 spiro atoms. The van der Waals surface area contributed by atoms with Gasteiger partial charge in [-0.25, -0.2) is 4.18 Å². The van der Waals surface area contributed by atoms with Crippen molar-refractivity contribution >= 4 is 10.4 Å². The highest BCUT2D eigenvalue weighted by Gasteiger charge is 2.00. The van der Waals surface area contributed by atoms with E-state index in [1.165, 1.54) is 6.08 Å². The van der Waals surface area contributed by atoms with Gasteiger partial charge in [-0.1, -0.05) is 6.08 Å². The fourth-order valence-electron chi connectivity index (χ4n) is 1.10. The van der Waals surface area contributed by atoms with Gasteiger partial charge in [-0.3, -0.25) is 9.45 Å². The Hall–Kier alpha value is -0.590. The van der Waals surface area contributed by atoms with E-state index in [1.807, 2.05) is 13.8 Å². The molecule has 10 heteroatoms. The number of rotatable bonds is 11. The molecular weight excluding hydrogens is 330 g/mol. The summed E-state index contributed by atoms with van der Waals surface area (Å²) in [7, 11) is -4.26. The molecule has 0 fully saturated rings. The molecule has 0 saturated carbocycles. The van der Waals surface area contributed by atoms with Gasteiger partial charge in [0, 0.05) is 32.8 Å². The van der Waals surface area contributed by atoms with Crippen LogP contribution in [0.25, 0.3) is 0 Å². The average molecular weight is 361 g/mol. The second-order valence-corrected chi connectivity index (χ2v) is 4.89. The minimum atomic E-state index is -4.26. The Morgan fingerprint density at radius 3 is 1.52 bits per heavy atom. The van der Waals surface area contributed by atoms with Crippen LogP contribution in [-0.4, -0.2) is 92.5 Å². The fourth-order valence-corrected chi connectivity index (χ4v) is 1.37. The summed E-state index contributed by atoms with van der Waals surface area (Å²) < 4.78 is 35.8. The van der Waals surface area contributed by atoms with Crippen molar-refractivity contribution in [1.82, 2.24) is 4.90 Å². The van der Waals surface area contributed by atoms with Gasteiger partial charge in [0.1, 0.15) is 0 Å². The number of nitrogens with zero attached hydrogens (tertiary/aromatic N) is 1. The molecule has 142 valence electrons. The topological polar surface area (TPSA) is 137 Å². The van der Waals surface area contributed by atoms with E-state index in [-0.39, 0.29) is 26.4 Å². The van der Waals surface area contributed by atoms with Crippen molar-refractivity contribution in [3.63, 3.8) is 0 Å². The Bertz CT molecular complexity index is 308. The highest BCUT2D eigenvalue weighted by atomic mass is 32.3. The van der Waals surface area contributed by atoms with Crippen LogP contribution in [0.1, 0.15) is 13.8 Å². The van der Waals surface area contributed by atoms with Crippen molar-refractivity contribution in [2.24, 2.45) is 0 Å². The normalized spacial score (nSPS) is 10.4. The second-order valence-electron chi connectivity index (χ2n) is 3.79. The maximum Gasteiger partial charge on any atom is 0.397 e. The summed E-state index contributed by atoms with van der Waals surface area (Å²) >= 11 is 0. The van der Waals surface area contributed by atoms with E-state index in [0.29, 0.717) is 19.6 Å². The number of aliphatic hydroxyl groups is 3. The van der Waals surface area contributed by atoms with Crippen LogP contribution in [0, 0.1) is 0 Å². The number of aliphatic hydroxyl groups excluding tert-OH is 3. The van der Waals surface area contributed by atoms with Crippen LogP contribution in [-0.2, 0) is 19.3 Å².